The number of nitrogens with one attached hydrogen (secondary N) is 1. The van der Waals surface area contributed by atoms with Gasteiger partial charge in [0, 0.05) is 23.5 Å². The lowest BCUT2D eigenvalue weighted by atomic mass is 10.2. The number of carbonyl (C=O) groups is 1. The maximum Gasteiger partial charge on any atom is 0.321 e. The van der Waals surface area contributed by atoms with E-state index in [0.29, 0.717) is 13.1 Å². The van der Waals surface area contributed by atoms with Crippen molar-refractivity contribution < 1.29 is 9.18 Å². The van der Waals surface area contributed by atoms with Crippen LogP contribution in [0.25, 0.3) is 10.1 Å². The number of urea groups is 1. The molecule has 0 saturated carbocycles. The average Bonchev–Trinajstić information content (AvgIpc) is 2.81. The molecule has 5 heteroatoms. The van der Waals surface area contributed by atoms with Crippen LogP contribution in [0.3, 0.4) is 0 Å². The molecule has 2 heterocycles. The summed E-state index contributed by atoms with van der Waals surface area (Å²) in [4.78, 5) is 13.1. The van der Waals surface area contributed by atoms with Crippen molar-refractivity contribution >= 4 is 33.1 Å². The molecule has 0 atom stereocenters. The summed E-state index contributed by atoms with van der Waals surface area (Å²) in [6.45, 7) is 1.33. The predicted octanol–water partition coefficient (Wildman–Crippen LogP) is 2.57. The molecule has 82 valence electrons. The van der Waals surface area contributed by atoms with Crippen LogP contribution >= 0.6 is 11.3 Å². The Bertz CT molecular complexity index is 566. The van der Waals surface area contributed by atoms with Crippen LogP contribution in [0.2, 0.25) is 0 Å². The van der Waals surface area contributed by atoms with Crippen molar-refractivity contribution in [3.05, 3.63) is 29.4 Å². The van der Waals surface area contributed by atoms with Gasteiger partial charge >= 0.3 is 6.03 Å². The highest BCUT2D eigenvalue weighted by molar-refractivity contribution is 7.17. The van der Waals surface area contributed by atoms with Gasteiger partial charge in [-0.25, -0.2) is 4.79 Å². The molecule has 0 aliphatic carbocycles. The Hall–Kier alpha value is -1.62. The second-order valence-corrected chi connectivity index (χ2v) is 4.69. The number of anilines is 1. The van der Waals surface area contributed by atoms with Crippen molar-refractivity contribution in [1.29, 1.82) is 0 Å². The maximum absolute atomic E-state index is 13.0. The number of benzene rings is 1. The molecule has 1 N–H and O–H groups in total. The lowest BCUT2D eigenvalue weighted by molar-refractivity contribution is 0.252. The molecule has 3 nitrogen and oxygen atoms in total. The zero-order valence-corrected chi connectivity index (χ0v) is 9.18. The molecule has 16 heavy (non-hydrogen) atoms. The third-order valence-corrected chi connectivity index (χ3v) is 3.53. The monoisotopic (exact) mass is 236 g/mol. The fourth-order valence-electron chi connectivity index (χ4n) is 1.87. The molecule has 0 spiro atoms. The largest absolute Gasteiger partial charge is 0.336 e. The molecule has 1 fully saturated rings. The van der Waals surface area contributed by atoms with Gasteiger partial charge in [0.15, 0.2) is 5.13 Å². The van der Waals surface area contributed by atoms with E-state index in [1.807, 2.05) is 18.2 Å². The van der Waals surface area contributed by atoms with Crippen molar-refractivity contribution in [2.24, 2.45) is 0 Å². The zero-order chi connectivity index (χ0) is 11.1. The van der Waals surface area contributed by atoms with E-state index in [4.69, 9.17) is 0 Å². The molecule has 2 amide bonds. The van der Waals surface area contributed by atoms with Crippen LogP contribution in [0.15, 0.2) is 24.3 Å². The first kappa shape index (κ1) is 9.59. The van der Waals surface area contributed by atoms with Gasteiger partial charge in [-0.3, -0.25) is 4.90 Å². The van der Waals surface area contributed by atoms with Gasteiger partial charge in [-0.15, -0.1) is 11.3 Å². The smallest absolute Gasteiger partial charge is 0.321 e. The van der Waals surface area contributed by atoms with Gasteiger partial charge in [0.25, 0.3) is 0 Å². The second kappa shape index (κ2) is 3.45. The topological polar surface area (TPSA) is 32.3 Å². The highest BCUT2D eigenvalue weighted by Gasteiger charge is 2.21. The van der Waals surface area contributed by atoms with Gasteiger partial charge in [0.1, 0.15) is 0 Å². The molecule has 1 aromatic carbocycles. The van der Waals surface area contributed by atoms with Gasteiger partial charge in [-0.1, -0.05) is 6.07 Å². The highest BCUT2D eigenvalue weighted by atomic mass is 32.1. The second-order valence-electron chi connectivity index (χ2n) is 3.66. The first-order chi connectivity index (χ1) is 7.74. The summed E-state index contributed by atoms with van der Waals surface area (Å²) in [6.07, 6.45) is 0. The number of rotatable bonds is 1. The maximum atomic E-state index is 13.0. The van der Waals surface area contributed by atoms with Crippen molar-refractivity contribution in [1.82, 2.24) is 5.32 Å². The summed E-state index contributed by atoms with van der Waals surface area (Å²) < 4.78 is 13.9. The number of fused-ring (bicyclic) bond motifs is 1. The molecular formula is C11H9FN2OS. The van der Waals surface area contributed by atoms with Crippen LogP contribution in [0.4, 0.5) is 14.9 Å². The van der Waals surface area contributed by atoms with E-state index >= 15 is 0 Å². The summed E-state index contributed by atoms with van der Waals surface area (Å²) in [5.74, 6) is 0. The highest BCUT2D eigenvalue weighted by Crippen LogP contribution is 2.29. The van der Waals surface area contributed by atoms with Crippen molar-refractivity contribution in [3.63, 3.8) is 0 Å². The molecule has 0 unspecified atom stereocenters. The SMILES string of the molecule is O=C1NCCN1c1ccc2cc(F)sc2c1. The van der Waals surface area contributed by atoms with Crippen LogP contribution in [-0.2, 0) is 0 Å². The van der Waals surface area contributed by atoms with E-state index in [1.165, 1.54) is 6.07 Å². The molecule has 1 aliphatic heterocycles. The van der Waals surface area contributed by atoms with Gasteiger partial charge in [-0.2, -0.15) is 4.39 Å². The number of amides is 2. The quantitative estimate of drug-likeness (QED) is 0.811. The third-order valence-electron chi connectivity index (χ3n) is 2.64. The number of hydrogen-bond acceptors (Lipinski definition) is 2. The number of hydrogen-bond donors (Lipinski definition) is 1. The minimum absolute atomic E-state index is 0.0867. The molecule has 1 saturated heterocycles. The number of halogens is 1. The van der Waals surface area contributed by atoms with Crippen LogP contribution in [0, 0.1) is 5.13 Å². The number of carbonyl (C=O) groups excluding carboxylic acids is 1. The Labute approximate surface area is 95.5 Å². The summed E-state index contributed by atoms with van der Waals surface area (Å²) in [7, 11) is 0. The van der Waals surface area contributed by atoms with E-state index in [2.05, 4.69) is 5.32 Å². The molecule has 3 rings (SSSR count). The zero-order valence-electron chi connectivity index (χ0n) is 8.37. The van der Waals surface area contributed by atoms with Crippen molar-refractivity contribution in [3.8, 4) is 0 Å². The average molecular weight is 236 g/mol. The van der Waals surface area contributed by atoms with Gasteiger partial charge in [0.05, 0.1) is 0 Å². The molecule has 2 aromatic rings. The van der Waals surface area contributed by atoms with Crippen LogP contribution in [0.1, 0.15) is 0 Å². The first-order valence-electron chi connectivity index (χ1n) is 4.98. The van der Waals surface area contributed by atoms with E-state index < -0.39 is 0 Å². The Morgan fingerprint density at radius 3 is 3.00 bits per heavy atom. The minimum Gasteiger partial charge on any atom is -0.336 e. The minimum atomic E-state index is -0.196. The van der Waals surface area contributed by atoms with Crippen LogP contribution in [-0.4, -0.2) is 19.1 Å². The molecule has 0 bridgehead atoms. The van der Waals surface area contributed by atoms with Crippen molar-refractivity contribution in [2.75, 3.05) is 18.0 Å². The Kier molecular flexibility index (Phi) is 2.07. The summed E-state index contributed by atoms with van der Waals surface area (Å²) in [5, 5.41) is 3.42. The molecule has 1 aliphatic rings. The number of nitrogens with zero attached hydrogens (tertiary/aromatic N) is 1. The normalized spacial score (nSPS) is 15.8. The molecule has 0 radical (unpaired) electrons. The molecule has 1 aromatic heterocycles. The lowest BCUT2D eigenvalue weighted by Gasteiger charge is -2.13. The van der Waals surface area contributed by atoms with Gasteiger partial charge in [-0.05, 0) is 23.6 Å². The summed E-state index contributed by atoms with van der Waals surface area (Å²) in [6, 6.07) is 6.97. The van der Waals surface area contributed by atoms with E-state index in [0.717, 1.165) is 27.1 Å². The Balaban J connectivity index is 2.07. The van der Waals surface area contributed by atoms with Gasteiger partial charge < -0.3 is 5.32 Å². The van der Waals surface area contributed by atoms with E-state index in [-0.39, 0.29) is 11.2 Å². The van der Waals surface area contributed by atoms with Crippen LogP contribution in [0.5, 0.6) is 0 Å². The Morgan fingerprint density at radius 1 is 1.38 bits per heavy atom. The van der Waals surface area contributed by atoms with Crippen LogP contribution < -0.4 is 10.2 Å². The Morgan fingerprint density at radius 2 is 2.25 bits per heavy atom. The number of thiophene rings is 1. The molecular weight excluding hydrogens is 227 g/mol. The first-order valence-corrected chi connectivity index (χ1v) is 5.80. The standard InChI is InChI=1S/C11H9FN2OS/c12-10-5-7-1-2-8(6-9(7)16-10)14-4-3-13-11(14)15/h1-2,5-6H,3-4H2,(H,13,15). The fourth-order valence-corrected chi connectivity index (χ4v) is 2.69. The summed E-state index contributed by atoms with van der Waals surface area (Å²) in [5.41, 5.74) is 0.823. The van der Waals surface area contributed by atoms with Gasteiger partial charge in [0.2, 0.25) is 0 Å². The summed E-state index contributed by atoms with van der Waals surface area (Å²) >= 11 is 1.10. The fraction of sp³-hybridized carbons (Fsp3) is 0.182. The predicted molar refractivity (Wildman–Crippen MR) is 62.5 cm³/mol. The third kappa shape index (κ3) is 1.44. The lowest BCUT2D eigenvalue weighted by Crippen LogP contribution is -2.27. The van der Waals surface area contributed by atoms with E-state index in [1.54, 1.807) is 4.90 Å². The van der Waals surface area contributed by atoms with E-state index in [9.17, 15) is 9.18 Å². The van der Waals surface area contributed by atoms with Crippen molar-refractivity contribution in [2.45, 2.75) is 0 Å².